The monoisotopic (exact) mass is 545 g/mol. The van der Waals surface area contributed by atoms with Crippen molar-refractivity contribution in [1.29, 1.82) is 0 Å². The maximum atomic E-state index is 14.0. The summed E-state index contributed by atoms with van der Waals surface area (Å²) in [6, 6.07) is 13.1. The molecule has 1 N–H and O–H groups in total. The maximum Gasteiger partial charge on any atom is 0.430 e. The van der Waals surface area contributed by atoms with E-state index in [1.165, 1.54) is 17.0 Å². The van der Waals surface area contributed by atoms with Gasteiger partial charge in [-0.25, -0.2) is 0 Å². The molecule has 2 saturated heterocycles. The second kappa shape index (κ2) is 11.6. The molecular weight excluding hydrogens is 507 g/mol. The van der Waals surface area contributed by atoms with E-state index in [2.05, 4.69) is 4.90 Å². The second-order valence-corrected chi connectivity index (χ2v) is 11.2. The standard InChI is InChI=1S/C30H38F3N3O3/c1-21-5-4-6-25(19-21)29(39,30(31,32)33)28(38)36-17-13-23(14-18-36)20-22-11-15-35(16-12-22)26-9-7-24(8-10-26)27(37)34(2)3/h4-10,19,22-23,39H,11-18,20H2,1-3H3. The van der Waals surface area contributed by atoms with Gasteiger partial charge >= 0.3 is 6.18 Å². The van der Waals surface area contributed by atoms with Crippen molar-refractivity contribution in [2.24, 2.45) is 11.8 Å². The topological polar surface area (TPSA) is 64.1 Å². The molecule has 2 aromatic rings. The number of benzene rings is 2. The van der Waals surface area contributed by atoms with Crippen LogP contribution in [0.2, 0.25) is 0 Å². The first kappa shape index (κ1) is 28.9. The molecule has 4 rings (SSSR count). The van der Waals surface area contributed by atoms with Gasteiger partial charge in [-0.05, 0) is 75.1 Å². The van der Waals surface area contributed by atoms with E-state index in [9.17, 15) is 27.9 Å². The van der Waals surface area contributed by atoms with Gasteiger partial charge in [0.25, 0.3) is 17.4 Å². The number of rotatable bonds is 6. The highest BCUT2D eigenvalue weighted by Gasteiger charge is 2.62. The number of hydrogen-bond acceptors (Lipinski definition) is 4. The van der Waals surface area contributed by atoms with Crippen molar-refractivity contribution in [2.45, 2.75) is 50.8 Å². The Hall–Kier alpha value is -3.07. The molecule has 0 radical (unpaired) electrons. The molecule has 1 unspecified atom stereocenters. The molecule has 0 aromatic heterocycles. The van der Waals surface area contributed by atoms with Crippen LogP contribution in [-0.4, -0.2) is 73.2 Å². The fourth-order valence-electron chi connectivity index (χ4n) is 5.85. The number of carbonyl (C=O) groups is 2. The highest BCUT2D eigenvalue weighted by atomic mass is 19.4. The molecule has 0 spiro atoms. The van der Waals surface area contributed by atoms with Gasteiger partial charge < -0.3 is 19.8 Å². The summed E-state index contributed by atoms with van der Waals surface area (Å²) in [5.74, 6) is -0.431. The molecule has 0 saturated carbocycles. The van der Waals surface area contributed by atoms with Crippen molar-refractivity contribution in [1.82, 2.24) is 9.80 Å². The normalized spacial score (nSPS) is 19.1. The van der Waals surface area contributed by atoms with Gasteiger partial charge in [0, 0.05) is 57.1 Å². The Bertz CT molecular complexity index is 1150. The van der Waals surface area contributed by atoms with E-state index in [0.717, 1.165) is 44.1 Å². The van der Waals surface area contributed by atoms with Crippen LogP contribution in [0, 0.1) is 18.8 Å². The highest BCUT2D eigenvalue weighted by Crippen LogP contribution is 2.42. The van der Waals surface area contributed by atoms with Gasteiger partial charge in [0.15, 0.2) is 0 Å². The lowest BCUT2D eigenvalue weighted by Crippen LogP contribution is -2.57. The first-order valence-electron chi connectivity index (χ1n) is 13.6. The quantitative estimate of drug-likeness (QED) is 0.556. The number of piperidine rings is 2. The lowest BCUT2D eigenvalue weighted by Gasteiger charge is -2.40. The van der Waals surface area contributed by atoms with E-state index in [1.54, 1.807) is 32.0 Å². The smallest absolute Gasteiger partial charge is 0.372 e. The number of halogens is 3. The fourth-order valence-corrected chi connectivity index (χ4v) is 5.85. The molecule has 2 aromatic carbocycles. The van der Waals surface area contributed by atoms with Crippen molar-refractivity contribution in [3.05, 3.63) is 65.2 Å². The van der Waals surface area contributed by atoms with E-state index < -0.39 is 23.2 Å². The number of aliphatic hydroxyl groups is 1. The minimum Gasteiger partial charge on any atom is -0.372 e. The van der Waals surface area contributed by atoms with Crippen LogP contribution >= 0.6 is 0 Å². The van der Waals surface area contributed by atoms with E-state index >= 15 is 0 Å². The largest absolute Gasteiger partial charge is 0.430 e. The van der Waals surface area contributed by atoms with Crippen LogP contribution in [-0.2, 0) is 10.4 Å². The van der Waals surface area contributed by atoms with Gasteiger partial charge in [0.2, 0.25) is 0 Å². The van der Waals surface area contributed by atoms with Crippen LogP contribution in [0.5, 0.6) is 0 Å². The number of nitrogens with zero attached hydrogens (tertiary/aromatic N) is 3. The number of anilines is 1. The molecule has 2 aliphatic rings. The van der Waals surface area contributed by atoms with Crippen LogP contribution < -0.4 is 4.90 Å². The van der Waals surface area contributed by atoms with Crippen molar-refractivity contribution < 1.29 is 27.9 Å². The number of hydrogen-bond donors (Lipinski definition) is 1. The summed E-state index contributed by atoms with van der Waals surface area (Å²) in [7, 11) is 3.47. The zero-order valence-corrected chi connectivity index (χ0v) is 22.9. The summed E-state index contributed by atoms with van der Waals surface area (Å²) in [5, 5.41) is 10.7. The third kappa shape index (κ3) is 6.24. The number of likely N-dealkylation sites (tertiary alicyclic amines) is 1. The minimum atomic E-state index is -5.12. The summed E-state index contributed by atoms with van der Waals surface area (Å²) in [4.78, 5) is 30.2. The van der Waals surface area contributed by atoms with Gasteiger partial charge in [-0.3, -0.25) is 9.59 Å². The Morgan fingerprint density at radius 1 is 0.923 bits per heavy atom. The lowest BCUT2D eigenvalue weighted by atomic mass is 9.82. The van der Waals surface area contributed by atoms with E-state index in [4.69, 9.17) is 0 Å². The van der Waals surface area contributed by atoms with Gasteiger partial charge in [0.05, 0.1) is 0 Å². The number of alkyl halides is 3. The second-order valence-electron chi connectivity index (χ2n) is 11.2. The number of carbonyl (C=O) groups excluding carboxylic acids is 2. The van der Waals surface area contributed by atoms with Crippen molar-refractivity contribution in [3.8, 4) is 0 Å². The molecule has 39 heavy (non-hydrogen) atoms. The maximum absolute atomic E-state index is 14.0. The molecule has 212 valence electrons. The van der Waals surface area contributed by atoms with Crippen LogP contribution in [0.3, 0.4) is 0 Å². The molecule has 0 aliphatic carbocycles. The molecule has 6 nitrogen and oxygen atoms in total. The highest BCUT2D eigenvalue weighted by molar-refractivity contribution is 5.94. The molecule has 1 atom stereocenters. The summed E-state index contributed by atoms with van der Waals surface area (Å²) in [6.07, 6.45) is -0.806. The van der Waals surface area contributed by atoms with E-state index in [1.807, 2.05) is 24.3 Å². The Kier molecular flexibility index (Phi) is 8.59. The van der Waals surface area contributed by atoms with Crippen LogP contribution in [0.1, 0.15) is 53.6 Å². The molecule has 2 aliphatic heterocycles. The summed E-state index contributed by atoms with van der Waals surface area (Å²) in [6.45, 7) is 3.89. The molecular formula is C30H38F3N3O3. The lowest BCUT2D eigenvalue weighted by molar-refractivity contribution is -0.262. The first-order chi connectivity index (χ1) is 18.4. The molecule has 0 bridgehead atoms. The van der Waals surface area contributed by atoms with Crippen molar-refractivity contribution >= 4 is 17.5 Å². The Balaban J connectivity index is 1.29. The van der Waals surface area contributed by atoms with Crippen molar-refractivity contribution in [3.63, 3.8) is 0 Å². The van der Waals surface area contributed by atoms with Gasteiger partial charge in [-0.15, -0.1) is 0 Å². The van der Waals surface area contributed by atoms with E-state index in [0.29, 0.717) is 35.8 Å². The third-order valence-corrected chi connectivity index (χ3v) is 8.22. The summed E-state index contributed by atoms with van der Waals surface area (Å²) in [5.41, 5.74) is -1.68. The third-order valence-electron chi connectivity index (χ3n) is 8.22. The van der Waals surface area contributed by atoms with Crippen LogP contribution in [0.25, 0.3) is 0 Å². The predicted octanol–water partition coefficient (Wildman–Crippen LogP) is 4.99. The van der Waals surface area contributed by atoms with Gasteiger partial charge in [-0.1, -0.05) is 29.8 Å². The number of aryl methyl sites for hydroxylation is 1. The van der Waals surface area contributed by atoms with E-state index in [-0.39, 0.29) is 19.0 Å². The van der Waals surface area contributed by atoms with Crippen LogP contribution in [0.15, 0.2) is 48.5 Å². The molecule has 2 fully saturated rings. The fraction of sp³-hybridized carbons (Fsp3) is 0.533. The Morgan fingerprint density at radius 2 is 1.49 bits per heavy atom. The van der Waals surface area contributed by atoms with Crippen molar-refractivity contribution in [2.75, 3.05) is 45.2 Å². The average Bonchev–Trinajstić information content (AvgIpc) is 2.92. The summed E-state index contributed by atoms with van der Waals surface area (Å²) < 4.78 is 42.1. The Morgan fingerprint density at radius 3 is 2.00 bits per heavy atom. The molecule has 2 heterocycles. The SMILES string of the molecule is Cc1cccc(C(O)(C(=O)N2CCC(CC3CCN(c4ccc(C(=O)N(C)C)cc4)CC3)CC2)C(F)(F)F)c1. The first-order valence-corrected chi connectivity index (χ1v) is 13.6. The van der Waals surface area contributed by atoms with Crippen LogP contribution in [0.4, 0.5) is 18.9 Å². The molecule has 2 amide bonds. The zero-order valence-electron chi connectivity index (χ0n) is 22.9. The minimum absolute atomic E-state index is 0.0220. The molecule has 9 heteroatoms. The Labute approximate surface area is 228 Å². The predicted molar refractivity (Wildman–Crippen MR) is 144 cm³/mol. The summed E-state index contributed by atoms with van der Waals surface area (Å²) >= 11 is 0. The number of amides is 2. The van der Waals surface area contributed by atoms with Gasteiger partial charge in [-0.2, -0.15) is 13.2 Å². The zero-order chi connectivity index (χ0) is 28.4. The van der Waals surface area contributed by atoms with Gasteiger partial charge in [0.1, 0.15) is 0 Å². The average molecular weight is 546 g/mol.